The summed E-state index contributed by atoms with van der Waals surface area (Å²) >= 11 is 0. The minimum absolute atomic E-state index is 0.203. The predicted octanol–water partition coefficient (Wildman–Crippen LogP) is 6.03. The van der Waals surface area contributed by atoms with E-state index in [-0.39, 0.29) is 24.1 Å². The largest absolute Gasteiger partial charge is 0.464 e. The lowest BCUT2D eigenvalue weighted by Crippen LogP contribution is -2.49. The van der Waals surface area contributed by atoms with E-state index in [0.29, 0.717) is 12.8 Å². The van der Waals surface area contributed by atoms with Gasteiger partial charge in [-0.2, -0.15) is 5.10 Å². The molecule has 2 aromatic heterocycles. The standard InChI is InChI=1S/C30H36FN5O2/c1-5-38-29(37)27(31)22-13-11-21(12-14-22)26-17-30(2,35(3)4)36-28(34-26)24(19-33-36)23-15-16-25(32-18-23)20-9-7-6-8-10-20/h6-10,15-16,18-19,21-22,27H,5,11-14,17H2,1-4H3. The maximum absolute atomic E-state index is 14.7. The topological polar surface area (TPSA) is 72.6 Å². The molecular weight excluding hydrogens is 481 g/mol. The van der Waals surface area contributed by atoms with Crippen molar-refractivity contribution in [3.63, 3.8) is 0 Å². The van der Waals surface area contributed by atoms with Crippen molar-refractivity contribution in [1.82, 2.24) is 19.7 Å². The number of alkyl halides is 1. The summed E-state index contributed by atoms with van der Waals surface area (Å²) in [5.41, 5.74) is 4.65. The molecule has 0 spiro atoms. The Morgan fingerprint density at radius 3 is 2.47 bits per heavy atom. The molecule has 0 saturated heterocycles. The first-order valence-corrected chi connectivity index (χ1v) is 13.5. The van der Waals surface area contributed by atoms with E-state index in [1.54, 1.807) is 6.92 Å². The SMILES string of the molecule is CCOC(=O)C(F)C1CCC(C2=Nc3c(-c4ccc(-c5ccccc5)nc4)cnn3C(C)(N(C)C)C2)CC1. The van der Waals surface area contributed by atoms with Gasteiger partial charge in [0.05, 0.1) is 18.5 Å². The van der Waals surface area contributed by atoms with Gasteiger partial charge in [0.2, 0.25) is 0 Å². The zero-order valence-electron chi connectivity index (χ0n) is 22.6. The van der Waals surface area contributed by atoms with Gasteiger partial charge in [-0.15, -0.1) is 0 Å². The van der Waals surface area contributed by atoms with Gasteiger partial charge in [-0.05, 0) is 65.6 Å². The molecule has 200 valence electrons. The molecule has 2 aliphatic rings. The number of esters is 1. The number of carbonyl (C=O) groups is 1. The van der Waals surface area contributed by atoms with Crippen LogP contribution in [0, 0.1) is 11.8 Å². The Balaban J connectivity index is 1.42. The summed E-state index contributed by atoms with van der Waals surface area (Å²) < 4.78 is 21.6. The van der Waals surface area contributed by atoms with Gasteiger partial charge < -0.3 is 4.74 Å². The normalized spacial score (nSPS) is 24.0. The highest BCUT2D eigenvalue weighted by molar-refractivity contribution is 5.93. The van der Waals surface area contributed by atoms with Crippen LogP contribution < -0.4 is 0 Å². The van der Waals surface area contributed by atoms with Crippen molar-refractivity contribution in [3.05, 3.63) is 54.9 Å². The average molecular weight is 518 g/mol. The number of pyridine rings is 1. The van der Waals surface area contributed by atoms with E-state index in [9.17, 15) is 9.18 Å². The number of carbonyl (C=O) groups excluding carboxylic acids is 1. The summed E-state index contributed by atoms with van der Waals surface area (Å²) in [4.78, 5) is 24.0. The number of aromatic nitrogens is 3. The number of fused-ring (bicyclic) bond motifs is 1. The highest BCUT2D eigenvalue weighted by atomic mass is 19.1. The van der Waals surface area contributed by atoms with Crippen LogP contribution in [0.2, 0.25) is 0 Å². The zero-order valence-corrected chi connectivity index (χ0v) is 22.6. The number of halogens is 1. The van der Waals surface area contributed by atoms with Crippen LogP contribution in [0.25, 0.3) is 22.4 Å². The fourth-order valence-electron chi connectivity index (χ4n) is 5.67. The van der Waals surface area contributed by atoms with Crippen molar-refractivity contribution < 1.29 is 13.9 Å². The lowest BCUT2D eigenvalue weighted by molar-refractivity contribution is -0.151. The molecular formula is C30H36FN5O2. The third-order valence-electron chi connectivity index (χ3n) is 8.24. The first-order chi connectivity index (χ1) is 18.3. The molecule has 8 heteroatoms. The lowest BCUT2D eigenvalue weighted by Gasteiger charge is -2.42. The number of benzene rings is 1. The van der Waals surface area contributed by atoms with E-state index >= 15 is 0 Å². The molecule has 3 aromatic rings. The Labute approximate surface area is 223 Å². The summed E-state index contributed by atoms with van der Waals surface area (Å²) in [5, 5.41) is 4.78. The fraction of sp³-hybridized carbons (Fsp3) is 0.467. The second-order valence-electron chi connectivity index (χ2n) is 10.7. The van der Waals surface area contributed by atoms with Crippen LogP contribution in [-0.4, -0.2) is 58.2 Å². The Kier molecular flexibility index (Phi) is 7.43. The second kappa shape index (κ2) is 10.8. The van der Waals surface area contributed by atoms with Crippen molar-refractivity contribution in [2.75, 3.05) is 20.7 Å². The predicted molar refractivity (Wildman–Crippen MR) is 147 cm³/mol. The molecule has 3 heterocycles. The lowest BCUT2D eigenvalue weighted by atomic mass is 9.76. The summed E-state index contributed by atoms with van der Waals surface area (Å²) in [5.74, 6) is 0.0559. The molecule has 2 unspecified atom stereocenters. The number of rotatable bonds is 7. The molecule has 1 aromatic carbocycles. The maximum Gasteiger partial charge on any atom is 0.341 e. The summed E-state index contributed by atoms with van der Waals surface area (Å²) in [7, 11) is 4.13. The second-order valence-corrected chi connectivity index (χ2v) is 10.7. The van der Waals surface area contributed by atoms with Crippen LogP contribution in [0.3, 0.4) is 0 Å². The molecule has 1 fully saturated rings. The highest BCUT2D eigenvalue weighted by Crippen LogP contribution is 2.43. The van der Waals surface area contributed by atoms with Crippen molar-refractivity contribution in [3.8, 4) is 22.4 Å². The molecule has 0 N–H and O–H groups in total. The minimum Gasteiger partial charge on any atom is -0.464 e. The Hall–Kier alpha value is -3.39. The zero-order chi connectivity index (χ0) is 26.9. The van der Waals surface area contributed by atoms with Crippen LogP contribution in [-0.2, 0) is 15.2 Å². The number of hydrogen-bond acceptors (Lipinski definition) is 6. The first-order valence-electron chi connectivity index (χ1n) is 13.5. The van der Waals surface area contributed by atoms with E-state index < -0.39 is 12.1 Å². The van der Waals surface area contributed by atoms with Crippen LogP contribution in [0.1, 0.15) is 46.0 Å². The van der Waals surface area contributed by atoms with Crippen LogP contribution in [0.5, 0.6) is 0 Å². The van der Waals surface area contributed by atoms with Gasteiger partial charge in [0.15, 0.2) is 12.0 Å². The molecule has 2 atom stereocenters. The van der Waals surface area contributed by atoms with E-state index in [2.05, 4.69) is 44.1 Å². The number of ether oxygens (including phenoxy) is 1. The third kappa shape index (κ3) is 4.89. The van der Waals surface area contributed by atoms with E-state index in [1.807, 2.05) is 41.3 Å². The summed E-state index contributed by atoms with van der Waals surface area (Å²) in [6, 6.07) is 14.2. The summed E-state index contributed by atoms with van der Waals surface area (Å²) in [6.45, 7) is 4.09. The molecule has 1 aliphatic heterocycles. The number of hydrogen-bond donors (Lipinski definition) is 0. The third-order valence-corrected chi connectivity index (χ3v) is 8.24. The molecule has 1 aliphatic carbocycles. The molecule has 1 saturated carbocycles. The molecule has 0 radical (unpaired) electrons. The van der Waals surface area contributed by atoms with Crippen LogP contribution >= 0.6 is 0 Å². The fourth-order valence-corrected chi connectivity index (χ4v) is 5.67. The van der Waals surface area contributed by atoms with Crippen molar-refractivity contribution in [1.29, 1.82) is 0 Å². The highest BCUT2D eigenvalue weighted by Gasteiger charge is 2.41. The smallest absolute Gasteiger partial charge is 0.341 e. The maximum atomic E-state index is 14.7. The van der Waals surface area contributed by atoms with E-state index in [0.717, 1.165) is 53.2 Å². The molecule has 7 nitrogen and oxygen atoms in total. The number of aliphatic imine (C=N–C) groups is 1. The Bertz CT molecular complexity index is 1300. The van der Waals surface area contributed by atoms with Gasteiger partial charge in [0, 0.05) is 40.9 Å². The van der Waals surface area contributed by atoms with Gasteiger partial charge in [0.1, 0.15) is 5.66 Å². The number of nitrogens with zero attached hydrogens (tertiary/aromatic N) is 5. The van der Waals surface area contributed by atoms with Crippen molar-refractivity contribution in [2.45, 2.75) is 57.8 Å². The monoisotopic (exact) mass is 517 g/mol. The quantitative estimate of drug-likeness (QED) is 0.358. The molecule has 38 heavy (non-hydrogen) atoms. The molecule has 0 amide bonds. The van der Waals surface area contributed by atoms with Gasteiger partial charge in [-0.25, -0.2) is 18.9 Å². The first kappa shape index (κ1) is 26.2. The van der Waals surface area contributed by atoms with Crippen LogP contribution in [0.15, 0.2) is 59.9 Å². The molecule has 0 bridgehead atoms. The Morgan fingerprint density at radius 1 is 1.11 bits per heavy atom. The van der Waals surface area contributed by atoms with Crippen molar-refractivity contribution >= 4 is 17.5 Å². The van der Waals surface area contributed by atoms with Gasteiger partial charge >= 0.3 is 5.97 Å². The van der Waals surface area contributed by atoms with E-state index in [4.69, 9.17) is 19.8 Å². The average Bonchev–Trinajstić information content (AvgIpc) is 3.38. The Morgan fingerprint density at radius 2 is 1.84 bits per heavy atom. The van der Waals surface area contributed by atoms with Gasteiger partial charge in [-0.1, -0.05) is 36.4 Å². The van der Waals surface area contributed by atoms with Crippen molar-refractivity contribution in [2.24, 2.45) is 16.8 Å². The van der Waals surface area contributed by atoms with Gasteiger partial charge in [-0.3, -0.25) is 9.88 Å². The van der Waals surface area contributed by atoms with Gasteiger partial charge in [0.25, 0.3) is 0 Å². The summed E-state index contributed by atoms with van der Waals surface area (Å²) in [6.07, 6.45) is 5.89. The van der Waals surface area contributed by atoms with E-state index in [1.165, 1.54) is 0 Å². The minimum atomic E-state index is -1.55. The van der Waals surface area contributed by atoms with Crippen LogP contribution in [0.4, 0.5) is 10.2 Å². The molecule has 5 rings (SSSR count).